The monoisotopic (exact) mass is 258 g/mol. The van der Waals surface area contributed by atoms with Crippen LogP contribution in [0.2, 0.25) is 0 Å². The van der Waals surface area contributed by atoms with Crippen molar-refractivity contribution >= 4 is 17.8 Å². The molecule has 17 heavy (non-hydrogen) atoms. The van der Waals surface area contributed by atoms with Gasteiger partial charge in [-0.05, 0) is 18.5 Å². The van der Waals surface area contributed by atoms with Crippen molar-refractivity contribution in [2.75, 3.05) is 19.0 Å². The summed E-state index contributed by atoms with van der Waals surface area (Å²) in [7, 11) is 0. The van der Waals surface area contributed by atoms with E-state index in [1.165, 1.54) is 0 Å². The number of halogens is 1. The van der Waals surface area contributed by atoms with Crippen LogP contribution in [0.15, 0.2) is 41.6 Å². The van der Waals surface area contributed by atoms with Gasteiger partial charge in [0.15, 0.2) is 0 Å². The van der Waals surface area contributed by atoms with Gasteiger partial charge in [0, 0.05) is 5.88 Å². The molecule has 0 heterocycles. The zero-order valence-electron chi connectivity index (χ0n) is 10.7. The molecule has 0 bridgehead atoms. The second-order valence-electron chi connectivity index (χ2n) is 2.67. The molecule has 0 aliphatic heterocycles. The fraction of sp³-hybridized carbons (Fsp3) is 0.462. The third kappa shape index (κ3) is 14.9. The Morgan fingerprint density at radius 2 is 2.18 bits per heavy atom. The lowest BCUT2D eigenvalue weighted by Crippen LogP contribution is -2.02. The van der Waals surface area contributed by atoms with E-state index in [4.69, 9.17) is 22.2 Å². The Balaban J connectivity index is 0. The number of nitrogens with two attached hydrogens (primary N) is 1. The summed E-state index contributed by atoms with van der Waals surface area (Å²) in [6, 6.07) is 0. The van der Waals surface area contributed by atoms with E-state index in [9.17, 15) is 0 Å². The van der Waals surface area contributed by atoms with Gasteiger partial charge >= 0.3 is 0 Å². The molecule has 0 saturated carbocycles. The van der Waals surface area contributed by atoms with Gasteiger partial charge < -0.3 is 10.6 Å². The van der Waals surface area contributed by atoms with Gasteiger partial charge in [-0.25, -0.2) is 0 Å². The number of rotatable bonds is 8. The molecule has 0 unspecified atom stereocenters. The molecular formula is C13H23ClN2O. The standard InChI is InChI=1S/C11H17ClN2O.C2H6/c1-2-5-11(6-3-7-12)10-14-15-9-4-8-13;1-2/h2-3,5-6,10H,1,4,7-9,13H2;1-2H3/b6-3-,11-5+,14-10+;. The summed E-state index contributed by atoms with van der Waals surface area (Å²) in [5.41, 5.74) is 6.19. The van der Waals surface area contributed by atoms with Crippen molar-refractivity contribution in [3.63, 3.8) is 0 Å². The molecule has 0 radical (unpaired) electrons. The van der Waals surface area contributed by atoms with Gasteiger partial charge in [-0.2, -0.15) is 0 Å². The van der Waals surface area contributed by atoms with Crippen molar-refractivity contribution in [2.45, 2.75) is 20.3 Å². The van der Waals surface area contributed by atoms with Crippen LogP contribution in [0.5, 0.6) is 0 Å². The van der Waals surface area contributed by atoms with Gasteiger partial charge in [0.1, 0.15) is 6.61 Å². The molecule has 0 atom stereocenters. The fourth-order valence-electron chi connectivity index (χ4n) is 0.757. The van der Waals surface area contributed by atoms with E-state index in [1.54, 1.807) is 12.3 Å². The maximum Gasteiger partial charge on any atom is 0.118 e. The molecular weight excluding hydrogens is 236 g/mol. The highest BCUT2D eigenvalue weighted by Crippen LogP contribution is 1.95. The molecule has 0 aromatic heterocycles. The summed E-state index contributed by atoms with van der Waals surface area (Å²) in [5.74, 6) is 0.469. The number of hydrogen-bond donors (Lipinski definition) is 1. The van der Waals surface area contributed by atoms with E-state index in [0.717, 1.165) is 12.0 Å². The van der Waals surface area contributed by atoms with Crippen LogP contribution in [0.3, 0.4) is 0 Å². The molecule has 0 spiro atoms. The van der Waals surface area contributed by atoms with Crippen LogP contribution in [-0.4, -0.2) is 25.2 Å². The van der Waals surface area contributed by atoms with Crippen molar-refractivity contribution in [1.82, 2.24) is 0 Å². The summed E-state index contributed by atoms with van der Waals surface area (Å²) in [6.45, 7) is 8.75. The van der Waals surface area contributed by atoms with E-state index < -0.39 is 0 Å². The molecule has 2 N–H and O–H groups in total. The third-order valence-electron chi connectivity index (χ3n) is 1.43. The zero-order chi connectivity index (χ0) is 13.4. The predicted octanol–water partition coefficient (Wildman–Crippen LogP) is 3.27. The van der Waals surface area contributed by atoms with E-state index in [1.807, 2.05) is 32.1 Å². The lowest BCUT2D eigenvalue weighted by Gasteiger charge is -1.96. The number of allylic oxidation sites excluding steroid dienone is 5. The number of alkyl halides is 1. The molecule has 0 rings (SSSR count). The smallest absolute Gasteiger partial charge is 0.118 e. The quantitative estimate of drug-likeness (QED) is 0.239. The first-order valence-corrected chi connectivity index (χ1v) is 6.29. The van der Waals surface area contributed by atoms with Crippen LogP contribution in [0.1, 0.15) is 20.3 Å². The lowest BCUT2D eigenvalue weighted by atomic mass is 10.2. The minimum absolute atomic E-state index is 0.469. The van der Waals surface area contributed by atoms with Gasteiger partial charge in [-0.3, -0.25) is 0 Å². The van der Waals surface area contributed by atoms with E-state index >= 15 is 0 Å². The Labute approximate surface area is 110 Å². The molecule has 0 aromatic carbocycles. The Hall–Kier alpha value is -1.06. The molecule has 0 aliphatic rings. The fourth-order valence-corrected chi connectivity index (χ4v) is 0.846. The highest BCUT2D eigenvalue weighted by molar-refractivity contribution is 6.18. The highest BCUT2D eigenvalue weighted by atomic mass is 35.5. The second kappa shape index (κ2) is 17.3. The molecule has 0 amide bonds. The Bertz CT molecular complexity index is 248. The number of oxime groups is 1. The lowest BCUT2D eigenvalue weighted by molar-refractivity contribution is 0.145. The largest absolute Gasteiger partial charge is 0.396 e. The molecule has 0 aromatic rings. The van der Waals surface area contributed by atoms with Gasteiger partial charge in [0.2, 0.25) is 0 Å². The van der Waals surface area contributed by atoms with E-state index in [0.29, 0.717) is 19.0 Å². The summed E-state index contributed by atoms with van der Waals surface area (Å²) in [4.78, 5) is 4.98. The normalized spacial score (nSPS) is 11.4. The summed E-state index contributed by atoms with van der Waals surface area (Å²) in [5, 5.41) is 3.79. The first kappa shape index (κ1) is 18.3. The van der Waals surface area contributed by atoms with Gasteiger partial charge in [-0.15, -0.1) is 11.6 Å². The van der Waals surface area contributed by atoms with Crippen LogP contribution in [-0.2, 0) is 4.84 Å². The minimum Gasteiger partial charge on any atom is -0.396 e. The van der Waals surface area contributed by atoms with Gasteiger partial charge in [0.25, 0.3) is 0 Å². The van der Waals surface area contributed by atoms with Gasteiger partial charge in [-0.1, -0.05) is 49.9 Å². The van der Waals surface area contributed by atoms with Crippen molar-refractivity contribution in [2.24, 2.45) is 10.9 Å². The van der Waals surface area contributed by atoms with Gasteiger partial charge in [0.05, 0.1) is 6.21 Å². The Kier molecular flexibility index (Phi) is 18.7. The summed E-state index contributed by atoms with van der Waals surface area (Å²) < 4.78 is 0. The average Bonchev–Trinajstić information content (AvgIpc) is 2.38. The molecule has 3 nitrogen and oxygen atoms in total. The predicted molar refractivity (Wildman–Crippen MR) is 77.6 cm³/mol. The van der Waals surface area contributed by atoms with Crippen LogP contribution in [0, 0.1) is 0 Å². The molecule has 0 fully saturated rings. The van der Waals surface area contributed by atoms with Crippen molar-refractivity contribution < 1.29 is 4.84 Å². The molecule has 98 valence electrons. The first-order valence-electron chi connectivity index (χ1n) is 5.75. The maximum absolute atomic E-state index is 5.52. The Morgan fingerprint density at radius 3 is 2.71 bits per heavy atom. The maximum atomic E-state index is 5.52. The second-order valence-corrected chi connectivity index (χ2v) is 2.98. The average molecular weight is 259 g/mol. The number of hydrogen-bond acceptors (Lipinski definition) is 3. The van der Waals surface area contributed by atoms with Crippen LogP contribution in [0.25, 0.3) is 0 Å². The summed E-state index contributed by atoms with van der Waals surface area (Å²) in [6.07, 6.45) is 9.59. The minimum atomic E-state index is 0.469. The van der Waals surface area contributed by atoms with E-state index in [2.05, 4.69) is 11.7 Å². The molecule has 4 heteroatoms. The van der Waals surface area contributed by atoms with Crippen LogP contribution >= 0.6 is 11.6 Å². The third-order valence-corrected chi connectivity index (χ3v) is 1.60. The summed E-state index contributed by atoms with van der Waals surface area (Å²) >= 11 is 5.52. The topological polar surface area (TPSA) is 47.6 Å². The van der Waals surface area contributed by atoms with Crippen LogP contribution in [0.4, 0.5) is 0 Å². The Morgan fingerprint density at radius 1 is 1.47 bits per heavy atom. The molecule has 0 aliphatic carbocycles. The van der Waals surface area contributed by atoms with Crippen molar-refractivity contribution in [1.29, 1.82) is 0 Å². The van der Waals surface area contributed by atoms with Crippen molar-refractivity contribution in [3.8, 4) is 0 Å². The van der Waals surface area contributed by atoms with Crippen molar-refractivity contribution in [3.05, 3.63) is 36.5 Å². The SMILES string of the molecule is C=C/C=C(\C=C/CCl)/C=N/OCCCN.CC. The zero-order valence-corrected chi connectivity index (χ0v) is 11.5. The first-order chi connectivity index (χ1) is 8.35. The van der Waals surface area contributed by atoms with Crippen LogP contribution < -0.4 is 5.73 Å². The molecule has 0 saturated heterocycles. The number of nitrogens with zero attached hydrogens (tertiary/aromatic N) is 1. The van der Waals surface area contributed by atoms with E-state index in [-0.39, 0.29) is 0 Å². The highest BCUT2D eigenvalue weighted by Gasteiger charge is 1.86.